The molecule has 0 fully saturated rings. The lowest BCUT2D eigenvalue weighted by Gasteiger charge is -2.11. The Bertz CT molecular complexity index is 1130. The van der Waals surface area contributed by atoms with E-state index >= 15 is 0 Å². The minimum absolute atomic E-state index is 0.0442. The van der Waals surface area contributed by atoms with Gasteiger partial charge in [0.05, 0.1) is 10.9 Å². The molecule has 164 valence electrons. The molecule has 0 aliphatic carbocycles. The molecule has 8 heteroatoms. The molecule has 3 aromatic rings. The van der Waals surface area contributed by atoms with Crippen LogP contribution in [0.4, 0.5) is 5.69 Å². The molecule has 0 bridgehead atoms. The van der Waals surface area contributed by atoms with Gasteiger partial charge in [-0.2, -0.15) is 5.10 Å². The van der Waals surface area contributed by atoms with E-state index in [1.54, 1.807) is 13.0 Å². The molecule has 0 saturated carbocycles. The number of anilines is 1. The van der Waals surface area contributed by atoms with E-state index in [9.17, 15) is 9.59 Å². The first-order valence-corrected chi connectivity index (χ1v) is 11.3. The largest absolute Gasteiger partial charge is 0.483 e. The third-order valence-corrected chi connectivity index (χ3v) is 5.44. The molecule has 2 amide bonds. The summed E-state index contributed by atoms with van der Waals surface area (Å²) in [4.78, 5) is 24.5. The van der Waals surface area contributed by atoms with E-state index in [1.165, 1.54) is 0 Å². The van der Waals surface area contributed by atoms with Gasteiger partial charge in [0.25, 0.3) is 5.91 Å². The molecule has 32 heavy (non-hydrogen) atoms. The van der Waals surface area contributed by atoms with Gasteiger partial charge in [-0.05, 0) is 52.7 Å². The summed E-state index contributed by atoms with van der Waals surface area (Å²) in [5.41, 5.74) is 5.54. The van der Waals surface area contributed by atoms with Gasteiger partial charge in [0, 0.05) is 21.4 Å². The Hall–Kier alpha value is -2.97. The number of halogens is 2. The lowest BCUT2D eigenvalue weighted by molar-refractivity contribution is -0.123. The molecule has 0 unspecified atom stereocenters. The second-order valence-electron chi connectivity index (χ2n) is 6.88. The minimum atomic E-state index is -0.422. The number of nitrogens with one attached hydrogen (secondary N) is 2. The SMILES string of the molecule is C/C(CC(=O)Nc1ccccc1-c1ccccc1)=N/NC(=O)COc1ccc(Br)cc1Br. The first-order valence-electron chi connectivity index (χ1n) is 9.76. The molecule has 0 atom stereocenters. The van der Waals surface area contributed by atoms with Gasteiger partial charge in [-0.15, -0.1) is 0 Å². The fourth-order valence-corrected chi connectivity index (χ4v) is 4.01. The van der Waals surface area contributed by atoms with E-state index in [1.807, 2.05) is 66.7 Å². The zero-order valence-corrected chi connectivity index (χ0v) is 20.4. The maximum atomic E-state index is 12.5. The number of ether oxygens (including phenoxy) is 1. The van der Waals surface area contributed by atoms with Gasteiger partial charge in [0.15, 0.2) is 6.61 Å². The number of rotatable bonds is 8. The standard InChI is InChI=1S/C24H21Br2N3O3/c1-16(28-29-24(31)15-32-22-12-11-18(25)14-20(22)26)13-23(30)27-21-10-6-5-9-19(21)17-7-3-2-4-8-17/h2-12,14H,13,15H2,1H3,(H,27,30)(H,29,31)/b28-16-. The van der Waals surface area contributed by atoms with Crippen LogP contribution in [0.25, 0.3) is 11.1 Å². The fraction of sp³-hybridized carbons (Fsp3) is 0.125. The molecule has 0 aliphatic rings. The van der Waals surface area contributed by atoms with Gasteiger partial charge in [-0.25, -0.2) is 5.43 Å². The van der Waals surface area contributed by atoms with Crippen molar-refractivity contribution in [1.29, 1.82) is 0 Å². The maximum Gasteiger partial charge on any atom is 0.277 e. The Labute approximate surface area is 203 Å². The van der Waals surface area contributed by atoms with Crippen molar-refractivity contribution in [1.82, 2.24) is 5.43 Å². The fourth-order valence-electron chi connectivity index (χ4n) is 2.85. The lowest BCUT2D eigenvalue weighted by Crippen LogP contribution is -2.26. The van der Waals surface area contributed by atoms with Gasteiger partial charge in [-0.3, -0.25) is 9.59 Å². The number of carbonyl (C=O) groups excluding carboxylic acids is 2. The third-order valence-electron chi connectivity index (χ3n) is 4.33. The van der Waals surface area contributed by atoms with E-state index in [2.05, 4.69) is 47.7 Å². The highest BCUT2D eigenvalue weighted by atomic mass is 79.9. The molecule has 2 N–H and O–H groups in total. The molecule has 0 aliphatic heterocycles. The van der Waals surface area contributed by atoms with E-state index in [-0.39, 0.29) is 18.9 Å². The summed E-state index contributed by atoms with van der Waals surface area (Å²) in [5.74, 6) is -0.103. The van der Waals surface area contributed by atoms with Crippen molar-refractivity contribution >= 4 is 55.1 Å². The highest BCUT2D eigenvalue weighted by molar-refractivity contribution is 9.11. The summed E-state index contributed by atoms with van der Waals surface area (Å²) in [6.07, 6.45) is 0.0442. The zero-order chi connectivity index (χ0) is 22.9. The second kappa shape index (κ2) is 11.6. The van der Waals surface area contributed by atoms with Crippen molar-refractivity contribution in [3.63, 3.8) is 0 Å². The molecule has 0 heterocycles. The maximum absolute atomic E-state index is 12.5. The number of para-hydroxylation sites is 1. The molecule has 6 nitrogen and oxygen atoms in total. The number of hydrazone groups is 1. The van der Waals surface area contributed by atoms with Crippen molar-refractivity contribution in [2.45, 2.75) is 13.3 Å². The van der Waals surface area contributed by atoms with Crippen LogP contribution >= 0.6 is 31.9 Å². The van der Waals surface area contributed by atoms with Crippen molar-refractivity contribution < 1.29 is 14.3 Å². The molecule has 3 rings (SSSR count). The van der Waals surface area contributed by atoms with Crippen LogP contribution < -0.4 is 15.5 Å². The van der Waals surface area contributed by atoms with Gasteiger partial charge >= 0.3 is 0 Å². The Balaban J connectivity index is 1.52. The summed E-state index contributed by atoms with van der Waals surface area (Å²) in [6.45, 7) is 1.47. The summed E-state index contributed by atoms with van der Waals surface area (Å²) < 4.78 is 7.10. The number of amides is 2. The van der Waals surface area contributed by atoms with Crippen LogP contribution in [0.1, 0.15) is 13.3 Å². The highest BCUT2D eigenvalue weighted by Gasteiger charge is 2.10. The van der Waals surface area contributed by atoms with Crippen LogP contribution in [0.3, 0.4) is 0 Å². The average Bonchev–Trinajstić information content (AvgIpc) is 2.78. The van der Waals surface area contributed by atoms with E-state index in [4.69, 9.17) is 4.74 Å². The van der Waals surface area contributed by atoms with Gasteiger partial charge < -0.3 is 10.1 Å². The number of carbonyl (C=O) groups is 2. The van der Waals surface area contributed by atoms with E-state index in [0.717, 1.165) is 20.1 Å². The zero-order valence-electron chi connectivity index (χ0n) is 17.3. The quantitative estimate of drug-likeness (QED) is 0.272. The average molecular weight is 559 g/mol. The van der Waals surface area contributed by atoms with Crippen molar-refractivity contribution in [2.75, 3.05) is 11.9 Å². The van der Waals surface area contributed by atoms with Gasteiger partial charge in [0.2, 0.25) is 5.91 Å². The Morgan fingerprint density at radius 1 is 0.938 bits per heavy atom. The molecule has 0 spiro atoms. The normalized spacial score (nSPS) is 11.0. The molecule has 0 aromatic heterocycles. The number of hydrogen-bond donors (Lipinski definition) is 2. The van der Waals surface area contributed by atoms with Gasteiger partial charge in [-0.1, -0.05) is 64.5 Å². The molecule has 3 aromatic carbocycles. The van der Waals surface area contributed by atoms with Crippen LogP contribution in [-0.2, 0) is 9.59 Å². The monoisotopic (exact) mass is 557 g/mol. The van der Waals surface area contributed by atoms with Crippen LogP contribution in [0.5, 0.6) is 5.75 Å². The molecular weight excluding hydrogens is 538 g/mol. The Morgan fingerprint density at radius 3 is 2.41 bits per heavy atom. The molecule has 0 saturated heterocycles. The van der Waals surface area contributed by atoms with Crippen molar-refractivity contribution in [3.8, 4) is 16.9 Å². The Kier molecular flexibility index (Phi) is 8.58. The number of hydrogen-bond acceptors (Lipinski definition) is 4. The Morgan fingerprint density at radius 2 is 1.66 bits per heavy atom. The summed E-state index contributed by atoms with van der Waals surface area (Å²) in [7, 11) is 0. The smallest absolute Gasteiger partial charge is 0.277 e. The predicted molar refractivity (Wildman–Crippen MR) is 134 cm³/mol. The van der Waals surface area contributed by atoms with Crippen LogP contribution in [0.15, 0.2) is 86.8 Å². The molecular formula is C24H21Br2N3O3. The number of benzene rings is 3. The molecule has 0 radical (unpaired) electrons. The van der Waals surface area contributed by atoms with E-state index in [0.29, 0.717) is 17.1 Å². The van der Waals surface area contributed by atoms with Crippen LogP contribution in [0.2, 0.25) is 0 Å². The van der Waals surface area contributed by atoms with Crippen molar-refractivity contribution in [2.24, 2.45) is 5.10 Å². The summed E-state index contributed by atoms with van der Waals surface area (Å²) in [5, 5.41) is 6.91. The topological polar surface area (TPSA) is 79.8 Å². The van der Waals surface area contributed by atoms with E-state index < -0.39 is 5.91 Å². The minimum Gasteiger partial charge on any atom is -0.483 e. The first kappa shape index (κ1) is 23.7. The summed E-state index contributed by atoms with van der Waals surface area (Å²) in [6, 6.07) is 22.8. The lowest BCUT2D eigenvalue weighted by atomic mass is 10.0. The van der Waals surface area contributed by atoms with Crippen LogP contribution in [0, 0.1) is 0 Å². The first-order chi connectivity index (χ1) is 15.4. The second-order valence-corrected chi connectivity index (χ2v) is 8.65. The van der Waals surface area contributed by atoms with Gasteiger partial charge in [0.1, 0.15) is 5.75 Å². The predicted octanol–water partition coefficient (Wildman–Crippen LogP) is 5.78. The highest BCUT2D eigenvalue weighted by Crippen LogP contribution is 2.28. The van der Waals surface area contributed by atoms with Crippen molar-refractivity contribution in [3.05, 3.63) is 81.7 Å². The van der Waals surface area contributed by atoms with Crippen LogP contribution in [-0.4, -0.2) is 24.1 Å². The number of nitrogens with zero attached hydrogens (tertiary/aromatic N) is 1. The summed E-state index contributed by atoms with van der Waals surface area (Å²) >= 11 is 6.73. The third kappa shape index (κ3) is 7.03.